The first-order valence-corrected chi connectivity index (χ1v) is 14.7. The first kappa shape index (κ1) is 24.1. The molecule has 0 unspecified atom stereocenters. The molecule has 0 saturated carbocycles. The maximum atomic E-state index is 6.25. The number of furan rings is 2. The minimum atomic E-state index is 0.531. The van der Waals surface area contributed by atoms with Crippen molar-refractivity contribution in [1.82, 2.24) is 24.5 Å². The zero-order valence-electron chi connectivity index (χ0n) is 23.7. The lowest BCUT2D eigenvalue weighted by Crippen LogP contribution is -2.06. The number of benzene rings is 5. The van der Waals surface area contributed by atoms with E-state index < -0.39 is 0 Å². The summed E-state index contributed by atoms with van der Waals surface area (Å²) in [6, 6.07) is 38.9. The standard InChI is InChI=1S/C38H21N5O2/c1-4-12-29-23(8-1)24-9-2-5-13-30(24)43(29)38-41-36(22-16-17-26-25-10-3-6-14-31(25)44-33(26)20-22)40-37(42-38)28-11-7-15-32-35(28)27-18-19-39-21-34(27)45-32/h1-21H. The molecule has 210 valence electrons. The predicted octanol–water partition coefficient (Wildman–Crippen LogP) is 9.50. The van der Waals surface area contributed by atoms with Crippen LogP contribution >= 0.6 is 0 Å². The molecule has 45 heavy (non-hydrogen) atoms. The van der Waals surface area contributed by atoms with Gasteiger partial charge in [0.05, 0.1) is 17.2 Å². The zero-order valence-corrected chi connectivity index (χ0v) is 23.7. The molecule has 10 rings (SSSR count). The minimum Gasteiger partial charge on any atom is -0.456 e. The second-order valence-electron chi connectivity index (χ2n) is 11.1. The molecule has 0 radical (unpaired) electrons. The Morgan fingerprint density at radius 1 is 0.489 bits per heavy atom. The van der Waals surface area contributed by atoms with Crippen LogP contribution in [0.15, 0.2) is 136 Å². The number of pyridine rings is 1. The SMILES string of the molecule is c1ccc2c(c1)oc1cc(-c3nc(-c4cccc5oc6cnccc6c45)nc(-n4c5ccccc5c5ccccc54)n3)ccc12. The number of nitrogens with zero attached hydrogens (tertiary/aromatic N) is 5. The normalized spacial score (nSPS) is 12.0. The van der Waals surface area contributed by atoms with E-state index in [4.69, 9.17) is 23.8 Å². The summed E-state index contributed by atoms with van der Waals surface area (Å²) in [6.45, 7) is 0. The number of fused-ring (bicyclic) bond motifs is 9. The van der Waals surface area contributed by atoms with Crippen molar-refractivity contribution in [3.8, 4) is 28.7 Å². The van der Waals surface area contributed by atoms with E-state index in [2.05, 4.69) is 64.1 Å². The molecule has 5 heterocycles. The predicted molar refractivity (Wildman–Crippen MR) is 177 cm³/mol. The molecule has 0 aliphatic carbocycles. The molecule has 5 aromatic heterocycles. The summed E-state index contributed by atoms with van der Waals surface area (Å²) in [7, 11) is 0. The Labute approximate surface area is 255 Å². The fraction of sp³-hybridized carbons (Fsp3) is 0. The quantitative estimate of drug-likeness (QED) is 0.207. The number of hydrogen-bond donors (Lipinski definition) is 0. The van der Waals surface area contributed by atoms with Gasteiger partial charge in [-0.15, -0.1) is 0 Å². The number of para-hydroxylation sites is 3. The molecule has 0 N–H and O–H groups in total. The highest BCUT2D eigenvalue weighted by molar-refractivity contribution is 6.12. The first-order chi connectivity index (χ1) is 22.3. The third-order valence-electron chi connectivity index (χ3n) is 8.58. The average Bonchev–Trinajstić information content (AvgIpc) is 3.77. The molecule has 0 aliphatic rings. The summed E-state index contributed by atoms with van der Waals surface area (Å²) in [6.07, 6.45) is 3.52. The summed E-state index contributed by atoms with van der Waals surface area (Å²) in [5, 5.41) is 6.29. The molecule has 7 heteroatoms. The lowest BCUT2D eigenvalue weighted by molar-refractivity contribution is 0.667. The smallest absolute Gasteiger partial charge is 0.238 e. The lowest BCUT2D eigenvalue weighted by Gasteiger charge is -2.11. The van der Waals surface area contributed by atoms with Crippen LogP contribution in [0.3, 0.4) is 0 Å². The van der Waals surface area contributed by atoms with E-state index >= 15 is 0 Å². The maximum Gasteiger partial charge on any atom is 0.238 e. The summed E-state index contributed by atoms with van der Waals surface area (Å²) in [5.41, 5.74) is 6.82. The van der Waals surface area contributed by atoms with Gasteiger partial charge >= 0.3 is 0 Å². The van der Waals surface area contributed by atoms with Gasteiger partial charge < -0.3 is 8.83 Å². The van der Waals surface area contributed by atoms with Crippen LogP contribution < -0.4 is 0 Å². The van der Waals surface area contributed by atoms with Crippen molar-refractivity contribution in [3.05, 3.63) is 128 Å². The highest BCUT2D eigenvalue weighted by atomic mass is 16.3. The van der Waals surface area contributed by atoms with Crippen LogP contribution in [0.2, 0.25) is 0 Å². The molecular formula is C38H21N5O2. The van der Waals surface area contributed by atoms with Crippen molar-refractivity contribution in [2.24, 2.45) is 0 Å². The molecule has 0 atom stereocenters. The van der Waals surface area contributed by atoms with Crippen LogP contribution in [0.25, 0.3) is 94.4 Å². The fourth-order valence-electron chi connectivity index (χ4n) is 6.58. The summed E-state index contributed by atoms with van der Waals surface area (Å²) < 4.78 is 14.5. The minimum absolute atomic E-state index is 0.531. The van der Waals surface area contributed by atoms with Crippen LogP contribution in [-0.4, -0.2) is 24.5 Å². The van der Waals surface area contributed by atoms with Gasteiger partial charge in [0, 0.05) is 49.6 Å². The van der Waals surface area contributed by atoms with E-state index in [1.807, 2.05) is 60.7 Å². The van der Waals surface area contributed by atoms with Gasteiger partial charge in [0.15, 0.2) is 17.2 Å². The highest BCUT2D eigenvalue weighted by Gasteiger charge is 2.20. The molecule has 7 nitrogen and oxygen atoms in total. The molecule has 5 aromatic carbocycles. The molecule has 0 amide bonds. The van der Waals surface area contributed by atoms with Crippen molar-refractivity contribution >= 4 is 65.7 Å². The Balaban J connectivity index is 1.29. The van der Waals surface area contributed by atoms with Crippen LogP contribution in [0, 0.1) is 0 Å². The molecule has 0 bridgehead atoms. The van der Waals surface area contributed by atoms with Gasteiger partial charge in [-0.3, -0.25) is 9.55 Å². The van der Waals surface area contributed by atoms with Crippen LogP contribution in [-0.2, 0) is 0 Å². The van der Waals surface area contributed by atoms with Crippen molar-refractivity contribution < 1.29 is 8.83 Å². The zero-order chi connectivity index (χ0) is 29.5. The monoisotopic (exact) mass is 579 g/mol. The Kier molecular flexibility index (Phi) is 4.87. The van der Waals surface area contributed by atoms with Gasteiger partial charge in [0.1, 0.15) is 16.7 Å². The molecule has 0 fully saturated rings. The second kappa shape index (κ2) is 9.08. The summed E-state index contributed by atoms with van der Waals surface area (Å²) in [5.74, 6) is 1.63. The van der Waals surface area contributed by atoms with Crippen LogP contribution in [0.4, 0.5) is 0 Å². The third kappa shape index (κ3) is 3.52. The van der Waals surface area contributed by atoms with Gasteiger partial charge in [-0.2, -0.15) is 9.97 Å². The van der Waals surface area contributed by atoms with Crippen LogP contribution in [0.5, 0.6) is 0 Å². The second-order valence-corrected chi connectivity index (χ2v) is 11.1. The molecule has 0 saturated heterocycles. The van der Waals surface area contributed by atoms with Gasteiger partial charge in [0.25, 0.3) is 0 Å². The topological polar surface area (TPSA) is 82.8 Å². The Morgan fingerprint density at radius 2 is 1.18 bits per heavy atom. The van der Waals surface area contributed by atoms with Crippen molar-refractivity contribution in [2.75, 3.05) is 0 Å². The molecule has 10 aromatic rings. The number of aromatic nitrogens is 5. The van der Waals surface area contributed by atoms with E-state index in [0.29, 0.717) is 23.2 Å². The lowest BCUT2D eigenvalue weighted by atomic mass is 10.1. The Bertz CT molecular complexity index is 2740. The van der Waals surface area contributed by atoms with Crippen molar-refractivity contribution in [3.63, 3.8) is 0 Å². The maximum absolute atomic E-state index is 6.25. The van der Waals surface area contributed by atoms with E-state index in [9.17, 15) is 0 Å². The van der Waals surface area contributed by atoms with Gasteiger partial charge in [-0.25, -0.2) is 4.98 Å². The van der Waals surface area contributed by atoms with Gasteiger partial charge in [-0.05, 0) is 42.5 Å². The van der Waals surface area contributed by atoms with Crippen LogP contribution in [0.1, 0.15) is 0 Å². The fourth-order valence-corrected chi connectivity index (χ4v) is 6.58. The van der Waals surface area contributed by atoms with Crippen molar-refractivity contribution in [1.29, 1.82) is 0 Å². The molecule has 0 spiro atoms. The number of rotatable bonds is 3. The first-order valence-electron chi connectivity index (χ1n) is 14.7. The summed E-state index contributed by atoms with van der Waals surface area (Å²) in [4.78, 5) is 19.7. The van der Waals surface area contributed by atoms with Gasteiger partial charge in [0.2, 0.25) is 5.95 Å². The molecule has 0 aliphatic heterocycles. The number of hydrogen-bond acceptors (Lipinski definition) is 6. The molecular weight excluding hydrogens is 558 g/mol. The largest absolute Gasteiger partial charge is 0.456 e. The van der Waals surface area contributed by atoms with E-state index in [1.165, 1.54) is 0 Å². The average molecular weight is 580 g/mol. The van der Waals surface area contributed by atoms with E-state index in [0.717, 1.165) is 71.2 Å². The summed E-state index contributed by atoms with van der Waals surface area (Å²) >= 11 is 0. The highest BCUT2D eigenvalue weighted by Crippen LogP contribution is 2.38. The van der Waals surface area contributed by atoms with Crippen molar-refractivity contribution in [2.45, 2.75) is 0 Å². The Morgan fingerprint density at radius 3 is 2.02 bits per heavy atom. The van der Waals surface area contributed by atoms with E-state index in [-0.39, 0.29) is 0 Å². The third-order valence-corrected chi connectivity index (χ3v) is 8.58. The Hall–Kier alpha value is -6.34. The van der Waals surface area contributed by atoms with Gasteiger partial charge in [-0.1, -0.05) is 72.8 Å². The van der Waals surface area contributed by atoms with E-state index in [1.54, 1.807) is 12.4 Å².